The van der Waals surface area contributed by atoms with Gasteiger partial charge < -0.3 is 24.3 Å². The van der Waals surface area contributed by atoms with Crippen molar-refractivity contribution in [3.05, 3.63) is 47.5 Å². The van der Waals surface area contributed by atoms with Crippen LogP contribution in [0.15, 0.2) is 36.4 Å². The van der Waals surface area contributed by atoms with Gasteiger partial charge in [0.15, 0.2) is 18.1 Å². The van der Waals surface area contributed by atoms with Crippen LogP contribution in [0.4, 0.5) is 0 Å². The smallest absolute Gasteiger partial charge is 0.258 e. The number of hydrogen-bond acceptors (Lipinski definition) is 5. The molecule has 6 nitrogen and oxygen atoms in total. The van der Waals surface area contributed by atoms with Gasteiger partial charge in [-0.05, 0) is 49.7 Å². The van der Waals surface area contributed by atoms with Gasteiger partial charge in [0, 0.05) is 5.56 Å². The fourth-order valence-corrected chi connectivity index (χ4v) is 2.58. The van der Waals surface area contributed by atoms with Crippen LogP contribution in [0.3, 0.4) is 0 Å². The number of rotatable bonds is 8. The first-order valence-corrected chi connectivity index (χ1v) is 8.27. The van der Waals surface area contributed by atoms with Crippen molar-refractivity contribution in [3.8, 4) is 23.0 Å². The maximum absolute atomic E-state index is 12.3. The van der Waals surface area contributed by atoms with E-state index >= 15 is 0 Å². The lowest BCUT2D eigenvalue weighted by molar-refractivity contribution is -0.123. The number of nitrogens with one attached hydrogen (secondary N) is 1. The van der Waals surface area contributed by atoms with Crippen LogP contribution >= 0.6 is 0 Å². The normalized spacial score (nSPS) is 11.4. The fraction of sp³-hybridized carbons (Fsp3) is 0.350. The first kappa shape index (κ1) is 19.4. The Labute approximate surface area is 154 Å². The lowest BCUT2D eigenvalue weighted by Crippen LogP contribution is -2.31. The largest absolute Gasteiger partial charge is 0.497 e. The molecule has 2 aromatic carbocycles. The molecule has 2 rings (SSSR count). The summed E-state index contributed by atoms with van der Waals surface area (Å²) in [5.41, 5.74) is 1.88. The molecule has 0 radical (unpaired) electrons. The predicted molar refractivity (Wildman–Crippen MR) is 99.3 cm³/mol. The molecule has 0 aliphatic heterocycles. The van der Waals surface area contributed by atoms with Crippen molar-refractivity contribution in [1.82, 2.24) is 5.32 Å². The summed E-state index contributed by atoms with van der Waals surface area (Å²) in [6.07, 6.45) is 0. The van der Waals surface area contributed by atoms with E-state index in [0.717, 1.165) is 11.1 Å². The van der Waals surface area contributed by atoms with E-state index in [4.69, 9.17) is 18.9 Å². The van der Waals surface area contributed by atoms with Crippen molar-refractivity contribution >= 4 is 5.91 Å². The molecule has 26 heavy (non-hydrogen) atoms. The van der Waals surface area contributed by atoms with Crippen molar-refractivity contribution in [2.24, 2.45) is 0 Å². The Morgan fingerprint density at radius 3 is 2.31 bits per heavy atom. The number of carbonyl (C=O) groups excluding carboxylic acids is 1. The third-order valence-electron chi connectivity index (χ3n) is 3.96. The number of hydrogen-bond donors (Lipinski definition) is 1. The first-order chi connectivity index (χ1) is 12.5. The van der Waals surface area contributed by atoms with Crippen molar-refractivity contribution in [2.75, 3.05) is 27.9 Å². The van der Waals surface area contributed by atoms with Crippen LogP contribution in [0.1, 0.15) is 24.1 Å². The maximum Gasteiger partial charge on any atom is 0.258 e. The van der Waals surface area contributed by atoms with E-state index < -0.39 is 0 Å². The highest BCUT2D eigenvalue weighted by atomic mass is 16.5. The van der Waals surface area contributed by atoms with Crippen LogP contribution in [-0.4, -0.2) is 33.8 Å². The number of benzene rings is 2. The summed E-state index contributed by atoms with van der Waals surface area (Å²) >= 11 is 0. The van der Waals surface area contributed by atoms with Crippen LogP contribution in [0.5, 0.6) is 23.0 Å². The molecule has 0 spiro atoms. The van der Waals surface area contributed by atoms with Gasteiger partial charge in [-0.25, -0.2) is 0 Å². The molecule has 0 aliphatic rings. The highest BCUT2D eigenvalue weighted by molar-refractivity contribution is 5.78. The van der Waals surface area contributed by atoms with E-state index in [-0.39, 0.29) is 18.6 Å². The Bertz CT molecular complexity index is 760. The molecule has 1 unspecified atom stereocenters. The van der Waals surface area contributed by atoms with Crippen molar-refractivity contribution in [2.45, 2.75) is 19.9 Å². The van der Waals surface area contributed by atoms with E-state index in [2.05, 4.69) is 5.32 Å². The number of methoxy groups -OCH3 is 3. The monoisotopic (exact) mass is 359 g/mol. The Morgan fingerprint density at radius 1 is 0.962 bits per heavy atom. The molecule has 1 atom stereocenters. The van der Waals surface area contributed by atoms with Gasteiger partial charge in [0.2, 0.25) is 0 Å². The highest BCUT2D eigenvalue weighted by Gasteiger charge is 2.16. The van der Waals surface area contributed by atoms with Crippen molar-refractivity contribution in [3.63, 3.8) is 0 Å². The van der Waals surface area contributed by atoms with Crippen LogP contribution in [0.2, 0.25) is 0 Å². The minimum atomic E-state index is -0.268. The molecule has 0 aromatic heterocycles. The summed E-state index contributed by atoms with van der Waals surface area (Å²) in [6, 6.07) is 10.7. The summed E-state index contributed by atoms with van der Waals surface area (Å²) in [5, 5.41) is 2.90. The zero-order valence-corrected chi connectivity index (χ0v) is 15.8. The highest BCUT2D eigenvalue weighted by Crippen LogP contribution is 2.30. The molecule has 0 saturated carbocycles. The van der Waals surface area contributed by atoms with E-state index in [0.29, 0.717) is 23.0 Å². The summed E-state index contributed by atoms with van der Waals surface area (Å²) in [5.74, 6) is 2.26. The number of aryl methyl sites for hydroxylation is 1. The van der Waals surface area contributed by atoms with Gasteiger partial charge in [-0.15, -0.1) is 0 Å². The van der Waals surface area contributed by atoms with Gasteiger partial charge in [0.25, 0.3) is 5.91 Å². The van der Waals surface area contributed by atoms with Gasteiger partial charge in [-0.1, -0.05) is 6.07 Å². The average Bonchev–Trinajstić information content (AvgIpc) is 2.66. The molecule has 1 amide bonds. The van der Waals surface area contributed by atoms with Gasteiger partial charge in [-0.3, -0.25) is 4.79 Å². The molecule has 0 aliphatic carbocycles. The van der Waals surface area contributed by atoms with Gasteiger partial charge in [-0.2, -0.15) is 0 Å². The van der Waals surface area contributed by atoms with Gasteiger partial charge >= 0.3 is 0 Å². The van der Waals surface area contributed by atoms with Crippen molar-refractivity contribution < 1.29 is 23.7 Å². The first-order valence-electron chi connectivity index (χ1n) is 8.27. The second-order valence-corrected chi connectivity index (χ2v) is 5.84. The SMILES string of the molecule is COc1ccc(OC)c(C(C)NC(=O)COc2ccc(C)cc2OC)c1. The molecule has 0 saturated heterocycles. The van der Waals surface area contributed by atoms with Crippen LogP contribution in [0, 0.1) is 6.92 Å². The minimum Gasteiger partial charge on any atom is -0.497 e. The summed E-state index contributed by atoms with van der Waals surface area (Å²) < 4.78 is 21.5. The molecular weight excluding hydrogens is 334 g/mol. The summed E-state index contributed by atoms with van der Waals surface area (Å²) in [4.78, 5) is 12.3. The Balaban J connectivity index is 2.02. The third kappa shape index (κ3) is 4.81. The predicted octanol–water partition coefficient (Wildman–Crippen LogP) is 3.28. The van der Waals surface area contributed by atoms with Gasteiger partial charge in [0.05, 0.1) is 27.4 Å². The number of ether oxygens (including phenoxy) is 4. The standard InChI is InChI=1S/C20H25NO5/c1-13-6-8-18(19(10-13)25-5)26-12-20(22)21-14(2)16-11-15(23-3)7-9-17(16)24-4/h6-11,14H,12H2,1-5H3,(H,21,22). The zero-order chi connectivity index (χ0) is 19.1. The third-order valence-corrected chi connectivity index (χ3v) is 3.96. The molecular formula is C20H25NO5. The summed E-state index contributed by atoms with van der Waals surface area (Å²) in [6.45, 7) is 3.72. The lowest BCUT2D eigenvalue weighted by atomic mass is 10.1. The molecule has 140 valence electrons. The topological polar surface area (TPSA) is 66.0 Å². The molecule has 0 fully saturated rings. The molecule has 6 heteroatoms. The van der Waals surface area contributed by atoms with E-state index in [1.165, 1.54) is 0 Å². The Morgan fingerprint density at radius 2 is 1.65 bits per heavy atom. The maximum atomic E-state index is 12.3. The van der Waals surface area contributed by atoms with E-state index in [1.54, 1.807) is 27.4 Å². The molecule has 0 bridgehead atoms. The van der Waals surface area contributed by atoms with Crippen LogP contribution in [-0.2, 0) is 4.79 Å². The quantitative estimate of drug-likeness (QED) is 0.783. The van der Waals surface area contributed by atoms with Crippen molar-refractivity contribution in [1.29, 1.82) is 0 Å². The second kappa shape index (κ2) is 8.99. The van der Waals surface area contributed by atoms with E-state index in [1.807, 2.05) is 44.2 Å². The fourth-order valence-electron chi connectivity index (χ4n) is 2.58. The second-order valence-electron chi connectivity index (χ2n) is 5.84. The van der Waals surface area contributed by atoms with Gasteiger partial charge in [0.1, 0.15) is 11.5 Å². The number of carbonyl (C=O) groups is 1. The molecule has 1 N–H and O–H groups in total. The average molecular weight is 359 g/mol. The minimum absolute atomic E-state index is 0.115. The lowest BCUT2D eigenvalue weighted by Gasteiger charge is -2.18. The van der Waals surface area contributed by atoms with E-state index in [9.17, 15) is 4.79 Å². The Kier molecular flexibility index (Phi) is 6.72. The molecule has 0 heterocycles. The molecule has 2 aromatic rings. The van der Waals surface area contributed by atoms with Crippen LogP contribution in [0.25, 0.3) is 0 Å². The summed E-state index contributed by atoms with van der Waals surface area (Å²) in [7, 11) is 4.75. The van der Waals surface area contributed by atoms with Crippen LogP contribution < -0.4 is 24.3 Å². The number of amides is 1. The Hall–Kier alpha value is -2.89. The zero-order valence-electron chi connectivity index (χ0n) is 15.8.